The van der Waals surface area contributed by atoms with E-state index < -0.39 is 7.32 Å². The van der Waals surface area contributed by atoms with Crippen molar-refractivity contribution in [3.05, 3.63) is 0 Å². The van der Waals surface area contributed by atoms with Gasteiger partial charge in [0.05, 0.1) is 0 Å². The van der Waals surface area contributed by atoms with E-state index in [0.29, 0.717) is 0 Å². The van der Waals surface area contributed by atoms with Gasteiger partial charge in [-0.3, -0.25) is 0 Å². The summed E-state index contributed by atoms with van der Waals surface area (Å²) in [6.07, 6.45) is 69.7. The summed E-state index contributed by atoms with van der Waals surface area (Å²) in [7, 11) is 3.97. The molecule has 0 radical (unpaired) electrons. The van der Waals surface area contributed by atoms with E-state index in [4.69, 9.17) is 15.1 Å². The fourth-order valence-corrected chi connectivity index (χ4v) is 8.55. The smallest absolute Gasteiger partial charge is 0.402 e. The fraction of sp³-hybridized carbons (Fsp3) is 1.00. The number of hydrogen-bond acceptors (Lipinski definition) is 6. The van der Waals surface area contributed by atoms with Crippen LogP contribution >= 0.6 is 0 Å². The van der Waals surface area contributed by atoms with Crippen LogP contribution in [0.1, 0.15) is 329 Å². The van der Waals surface area contributed by atoms with Crippen molar-refractivity contribution in [2.75, 3.05) is 40.8 Å². The summed E-state index contributed by atoms with van der Waals surface area (Å²) in [6, 6.07) is 0. The standard InChI is InChI=1S/3C19H41N.BH3O3/c3*1-3-4-5-6-7-8-9-10-11-12-13-14-15-16-17-18-19-20-2;2-1(3)4/h3*20H,3-19H2,1-2H3;2-4H. The Balaban J connectivity index is -0.000000404. The third kappa shape index (κ3) is 88.5. The Morgan fingerprint density at radius 3 is 0.391 bits per heavy atom. The van der Waals surface area contributed by atoms with Crippen LogP contribution in [0.3, 0.4) is 0 Å². The quantitative estimate of drug-likeness (QED) is 0.0269. The van der Waals surface area contributed by atoms with E-state index in [-0.39, 0.29) is 0 Å². The topological polar surface area (TPSA) is 96.8 Å². The number of hydrogen-bond donors (Lipinski definition) is 6. The van der Waals surface area contributed by atoms with Gasteiger partial charge in [-0.2, -0.15) is 0 Å². The van der Waals surface area contributed by atoms with Gasteiger partial charge in [0.15, 0.2) is 0 Å². The van der Waals surface area contributed by atoms with Gasteiger partial charge in [0.25, 0.3) is 0 Å². The number of rotatable bonds is 51. The van der Waals surface area contributed by atoms with Crippen LogP contribution in [0.5, 0.6) is 0 Å². The summed E-state index contributed by atoms with van der Waals surface area (Å²) in [5, 5.41) is 31.2. The van der Waals surface area contributed by atoms with Gasteiger partial charge in [0.2, 0.25) is 0 Å². The number of unbranched alkanes of at least 4 members (excludes halogenated alkanes) is 45. The second kappa shape index (κ2) is 74.4. The summed E-state index contributed by atoms with van der Waals surface area (Å²) in [4.78, 5) is 0. The van der Waals surface area contributed by atoms with Gasteiger partial charge in [-0.05, 0) is 60.0 Å². The molecule has 0 fully saturated rings. The molecule has 6 nitrogen and oxygen atoms in total. The molecule has 0 unspecified atom stereocenters. The molecule has 7 heteroatoms. The Bertz CT molecular complexity index is 563. The summed E-state index contributed by atoms with van der Waals surface area (Å²) in [6.45, 7) is 10.5. The van der Waals surface area contributed by atoms with Gasteiger partial charge >= 0.3 is 7.32 Å². The van der Waals surface area contributed by atoms with Crippen LogP contribution in [0.25, 0.3) is 0 Å². The fourth-order valence-electron chi connectivity index (χ4n) is 8.55. The summed E-state index contributed by atoms with van der Waals surface area (Å²) in [5.74, 6) is 0. The molecule has 64 heavy (non-hydrogen) atoms. The Hall–Kier alpha value is -0.175. The highest BCUT2D eigenvalue weighted by Gasteiger charge is 1.98. The molecule has 0 aromatic heterocycles. The molecular formula is C57H126BN3O3. The van der Waals surface area contributed by atoms with Crippen LogP contribution in [0.15, 0.2) is 0 Å². The molecule has 0 amide bonds. The van der Waals surface area contributed by atoms with Crippen LogP contribution in [0.2, 0.25) is 0 Å². The van der Waals surface area contributed by atoms with E-state index >= 15 is 0 Å². The minimum atomic E-state index is -2.17. The van der Waals surface area contributed by atoms with Gasteiger partial charge in [-0.1, -0.05) is 310 Å². The van der Waals surface area contributed by atoms with E-state index in [1.165, 1.54) is 328 Å². The van der Waals surface area contributed by atoms with Crippen LogP contribution in [0.4, 0.5) is 0 Å². The largest absolute Gasteiger partial charge is 0.631 e. The maximum absolute atomic E-state index is 7.17. The van der Waals surface area contributed by atoms with Gasteiger partial charge in [-0.25, -0.2) is 0 Å². The molecule has 0 saturated heterocycles. The summed E-state index contributed by atoms with van der Waals surface area (Å²) < 4.78 is 0. The lowest BCUT2D eigenvalue weighted by atomic mass is 10.0. The molecular weight excluding hydrogens is 785 g/mol. The van der Waals surface area contributed by atoms with E-state index in [0.717, 1.165) is 0 Å². The molecule has 0 aromatic rings. The zero-order chi connectivity index (χ0) is 47.8. The average Bonchev–Trinajstić information content (AvgIpc) is 3.29. The maximum Gasteiger partial charge on any atom is 0.631 e. The lowest BCUT2D eigenvalue weighted by Crippen LogP contribution is -2.07. The molecule has 0 aliphatic heterocycles. The molecule has 0 heterocycles. The van der Waals surface area contributed by atoms with Crippen molar-refractivity contribution in [3.8, 4) is 0 Å². The lowest BCUT2D eigenvalue weighted by molar-refractivity contribution is 0.278. The predicted molar refractivity (Wildman–Crippen MR) is 293 cm³/mol. The first-order chi connectivity index (χ1) is 31.5. The Labute approximate surface area is 406 Å². The molecule has 0 bridgehead atoms. The molecule has 6 N–H and O–H groups in total. The maximum atomic E-state index is 7.17. The van der Waals surface area contributed by atoms with E-state index in [9.17, 15) is 0 Å². The first-order valence-corrected chi connectivity index (χ1v) is 29.5. The minimum absolute atomic E-state index is 1.19. The third-order valence-electron chi connectivity index (χ3n) is 12.8. The second-order valence-corrected chi connectivity index (χ2v) is 19.6. The van der Waals surface area contributed by atoms with E-state index in [1.807, 2.05) is 21.1 Å². The van der Waals surface area contributed by atoms with Crippen LogP contribution in [-0.4, -0.2) is 63.2 Å². The average molecular weight is 912 g/mol. The SMILES string of the molecule is CCCCCCCCCCCCCCCCCCNC.CCCCCCCCCCCCCCCCCCNC.CCCCCCCCCCCCCCCCCCNC.OB(O)O. The molecule has 0 atom stereocenters. The molecule has 0 aliphatic carbocycles. The van der Waals surface area contributed by atoms with Crippen molar-refractivity contribution in [1.29, 1.82) is 0 Å². The highest BCUT2D eigenvalue weighted by Crippen LogP contribution is 2.16. The third-order valence-corrected chi connectivity index (χ3v) is 12.8. The zero-order valence-corrected chi connectivity index (χ0v) is 45.5. The van der Waals surface area contributed by atoms with Crippen molar-refractivity contribution in [1.82, 2.24) is 16.0 Å². The monoisotopic (exact) mass is 912 g/mol. The minimum Gasteiger partial charge on any atom is -0.402 e. The highest BCUT2D eigenvalue weighted by molar-refractivity contribution is 6.30. The second-order valence-electron chi connectivity index (χ2n) is 19.6. The Morgan fingerprint density at radius 1 is 0.203 bits per heavy atom. The summed E-state index contributed by atoms with van der Waals surface area (Å²) >= 11 is 0. The zero-order valence-electron chi connectivity index (χ0n) is 45.5. The molecule has 0 spiro atoms. The first-order valence-electron chi connectivity index (χ1n) is 29.5. The van der Waals surface area contributed by atoms with Crippen LogP contribution in [-0.2, 0) is 0 Å². The van der Waals surface area contributed by atoms with Crippen molar-refractivity contribution in [2.45, 2.75) is 329 Å². The summed E-state index contributed by atoms with van der Waals surface area (Å²) in [5.41, 5.74) is 0. The van der Waals surface area contributed by atoms with E-state index in [2.05, 4.69) is 36.7 Å². The van der Waals surface area contributed by atoms with Crippen LogP contribution < -0.4 is 16.0 Å². The molecule has 0 rings (SSSR count). The van der Waals surface area contributed by atoms with Crippen molar-refractivity contribution >= 4 is 7.32 Å². The van der Waals surface area contributed by atoms with Crippen LogP contribution in [0, 0.1) is 0 Å². The van der Waals surface area contributed by atoms with Crippen molar-refractivity contribution in [3.63, 3.8) is 0 Å². The molecule has 0 aliphatic rings. The van der Waals surface area contributed by atoms with Crippen molar-refractivity contribution in [2.24, 2.45) is 0 Å². The van der Waals surface area contributed by atoms with Gasteiger partial charge in [0.1, 0.15) is 0 Å². The van der Waals surface area contributed by atoms with Crippen molar-refractivity contribution < 1.29 is 15.1 Å². The number of nitrogens with one attached hydrogen (secondary N) is 3. The van der Waals surface area contributed by atoms with Gasteiger partial charge < -0.3 is 31.0 Å². The molecule has 0 aromatic carbocycles. The lowest BCUT2D eigenvalue weighted by Gasteiger charge is -2.03. The Kier molecular flexibility index (Phi) is 81.8. The normalized spacial score (nSPS) is 10.8. The predicted octanol–water partition coefficient (Wildman–Crippen LogP) is 17.4. The highest BCUT2D eigenvalue weighted by atomic mass is 16.5. The van der Waals surface area contributed by atoms with Gasteiger partial charge in [-0.15, -0.1) is 0 Å². The molecule has 0 saturated carbocycles. The first kappa shape index (κ1) is 70.4. The van der Waals surface area contributed by atoms with Gasteiger partial charge in [0, 0.05) is 0 Å². The van der Waals surface area contributed by atoms with E-state index in [1.54, 1.807) is 0 Å². The Morgan fingerprint density at radius 2 is 0.297 bits per heavy atom. The molecule has 390 valence electrons.